The van der Waals surface area contributed by atoms with Gasteiger partial charge in [-0.3, -0.25) is 4.99 Å². The van der Waals surface area contributed by atoms with Crippen LogP contribution in [0, 0.1) is 0 Å². The van der Waals surface area contributed by atoms with Crippen LogP contribution in [0.2, 0.25) is 0 Å². The lowest BCUT2D eigenvalue weighted by Crippen LogP contribution is -1.99. The highest BCUT2D eigenvalue weighted by Gasteiger charge is 2.02. The van der Waals surface area contributed by atoms with Gasteiger partial charge >= 0.3 is 0 Å². The van der Waals surface area contributed by atoms with Gasteiger partial charge in [0.15, 0.2) is 0 Å². The SMILES string of the molecule is C/C=C(C)\N=C(/CC)c1ccc2ccccc2c1. The topological polar surface area (TPSA) is 12.4 Å². The zero-order chi connectivity index (χ0) is 13.0. The first-order chi connectivity index (χ1) is 8.74. The Hall–Kier alpha value is -1.89. The van der Waals surface area contributed by atoms with Crippen LogP contribution in [0.5, 0.6) is 0 Å². The van der Waals surface area contributed by atoms with Gasteiger partial charge in [0.2, 0.25) is 0 Å². The minimum Gasteiger partial charge on any atom is -0.258 e. The maximum atomic E-state index is 4.67. The van der Waals surface area contributed by atoms with Gasteiger partial charge in [0.1, 0.15) is 0 Å². The van der Waals surface area contributed by atoms with Crippen LogP contribution in [0.25, 0.3) is 10.8 Å². The maximum absolute atomic E-state index is 4.67. The maximum Gasteiger partial charge on any atom is 0.0476 e. The van der Waals surface area contributed by atoms with Crippen molar-refractivity contribution in [3.8, 4) is 0 Å². The summed E-state index contributed by atoms with van der Waals surface area (Å²) in [6, 6.07) is 15.0. The van der Waals surface area contributed by atoms with E-state index in [1.807, 2.05) is 19.9 Å². The molecular weight excluding hydrogens is 218 g/mol. The third-order valence-corrected chi connectivity index (χ3v) is 3.15. The van der Waals surface area contributed by atoms with Crippen LogP contribution in [0.15, 0.2) is 59.2 Å². The third kappa shape index (κ3) is 2.67. The molecule has 1 heteroatoms. The molecule has 0 N–H and O–H groups in total. The minimum atomic E-state index is 0.948. The molecule has 92 valence electrons. The molecule has 0 amide bonds. The Morgan fingerprint density at radius 3 is 2.50 bits per heavy atom. The van der Waals surface area contributed by atoms with Gasteiger partial charge in [0.25, 0.3) is 0 Å². The van der Waals surface area contributed by atoms with E-state index in [0.717, 1.165) is 17.8 Å². The molecule has 0 fully saturated rings. The fraction of sp³-hybridized carbons (Fsp3) is 0.235. The first kappa shape index (κ1) is 12.6. The molecule has 18 heavy (non-hydrogen) atoms. The molecule has 0 spiro atoms. The number of benzene rings is 2. The minimum absolute atomic E-state index is 0.948. The lowest BCUT2D eigenvalue weighted by atomic mass is 10.0. The molecule has 1 nitrogen and oxygen atoms in total. The summed E-state index contributed by atoms with van der Waals surface area (Å²) in [6.07, 6.45) is 2.99. The molecule has 0 aliphatic rings. The summed E-state index contributed by atoms with van der Waals surface area (Å²) >= 11 is 0. The van der Waals surface area contributed by atoms with E-state index in [1.54, 1.807) is 0 Å². The van der Waals surface area contributed by atoms with Crippen molar-refractivity contribution >= 4 is 16.5 Å². The number of allylic oxidation sites excluding steroid dienone is 2. The van der Waals surface area contributed by atoms with Crippen molar-refractivity contribution in [3.05, 3.63) is 59.8 Å². The first-order valence-corrected chi connectivity index (χ1v) is 6.44. The van der Waals surface area contributed by atoms with E-state index < -0.39 is 0 Å². The number of aliphatic imine (C=N–C) groups is 1. The molecule has 0 aliphatic carbocycles. The molecule has 0 atom stereocenters. The Bertz CT molecular complexity index is 606. The molecule has 2 aromatic rings. The van der Waals surface area contributed by atoms with Crippen LogP contribution in [0.4, 0.5) is 0 Å². The second kappa shape index (κ2) is 5.63. The van der Waals surface area contributed by atoms with Crippen LogP contribution in [-0.4, -0.2) is 5.71 Å². The second-order valence-corrected chi connectivity index (χ2v) is 4.40. The quantitative estimate of drug-likeness (QED) is 0.669. The van der Waals surface area contributed by atoms with Gasteiger partial charge in [-0.1, -0.05) is 49.4 Å². The van der Waals surface area contributed by atoms with Crippen molar-refractivity contribution < 1.29 is 0 Å². The highest BCUT2D eigenvalue weighted by molar-refractivity contribution is 6.03. The highest BCUT2D eigenvalue weighted by Crippen LogP contribution is 2.17. The van der Waals surface area contributed by atoms with Gasteiger partial charge in [-0.25, -0.2) is 0 Å². The standard InChI is InChI=1S/C17H19N/c1-4-13(3)18-17(5-2)16-11-10-14-8-6-7-9-15(14)12-16/h4,6-12H,5H2,1-3H3/b13-4-,18-17+. The van der Waals surface area contributed by atoms with Gasteiger partial charge in [0, 0.05) is 11.4 Å². The zero-order valence-corrected chi connectivity index (χ0v) is 11.3. The summed E-state index contributed by atoms with van der Waals surface area (Å²) < 4.78 is 0. The molecule has 0 aliphatic heterocycles. The molecule has 0 aromatic heterocycles. The lowest BCUT2D eigenvalue weighted by Gasteiger charge is -2.06. The van der Waals surface area contributed by atoms with E-state index in [1.165, 1.54) is 16.3 Å². The summed E-state index contributed by atoms with van der Waals surface area (Å²) in [5, 5.41) is 2.55. The molecular formula is C17H19N. The second-order valence-electron chi connectivity index (χ2n) is 4.40. The fourth-order valence-corrected chi connectivity index (χ4v) is 1.99. The molecule has 0 radical (unpaired) electrons. The van der Waals surface area contributed by atoms with Crippen molar-refractivity contribution in [1.29, 1.82) is 0 Å². The van der Waals surface area contributed by atoms with Gasteiger partial charge < -0.3 is 0 Å². The molecule has 2 rings (SSSR count). The van der Waals surface area contributed by atoms with E-state index in [-0.39, 0.29) is 0 Å². The van der Waals surface area contributed by atoms with E-state index in [0.29, 0.717) is 0 Å². The van der Waals surface area contributed by atoms with Crippen LogP contribution in [0.1, 0.15) is 32.8 Å². The average molecular weight is 237 g/mol. The van der Waals surface area contributed by atoms with Crippen LogP contribution >= 0.6 is 0 Å². The average Bonchev–Trinajstić information content (AvgIpc) is 2.44. The van der Waals surface area contributed by atoms with Crippen molar-refractivity contribution in [2.45, 2.75) is 27.2 Å². The van der Waals surface area contributed by atoms with Crippen LogP contribution in [0.3, 0.4) is 0 Å². The Kier molecular flexibility index (Phi) is 3.93. The van der Waals surface area contributed by atoms with E-state index in [4.69, 9.17) is 0 Å². The van der Waals surface area contributed by atoms with Crippen molar-refractivity contribution in [3.63, 3.8) is 0 Å². The monoisotopic (exact) mass is 237 g/mol. The summed E-state index contributed by atoms with van der Waals surface area (Å²) in [6.45, 7) is 6.21. The van der Waals surface area contributed by atoms with Gasteiger partial charge in [-0.15, -0.1) is 0 Å². The lowest BCUT2D eigenvalue weighted by molar-refractivity contribution is 1.21. The number of hydrogen-bond acceptors (Lipinski definition) is 1. The molecule has 2 aromatic carbocycles. The largest absolute Gasteiger partial charge is 0.258 e. The zero-order valence-electron chi connectivity index (χ0n) is 11.3. The third-order valence-electron chi connectivity index (χ3n) is 3.15. The molecule has 0 saturated carbocycles. The number of nitrogens with zero attached hydrogens (tertiary/aromatic N) is 1. The molecule has 0 bridgehead atoms. The van der Waals surface area contributed by atoms with Crippen molar-refractivity contribution in [1.82, 2.24) is 0 Å². The summed E-state index contributed by atoms with van der Waals surface area (Å²) in [5.41, 5.74) is 3.44. The summed E-state index contributed by atoms with van der Waals surface area (Å²) in [5.74, 6) is 0. The number of rotatable bonds is 3. The van der Waals surface area contributed by atoms with Crippen LogP contribution < -0.4 is 0 Å². The summed E-state index contributed by atoms with van der Waals surface area (Å²) in [7, 11) is 0. The van der Waals surface area contributed by atoms with E-state index in [9.17, 15) is 0 Å². The van der Waals surface area contributed by atoms with E-state index >= 15 is 0 Å². The Balaban J connectivity index is 2.49. The predicted octanol–water partition coefficient (Wildman–Crippen LogP) is 4.96. The van der Waals surface area contributed by atoms with Gasteiger partial charge in [-0.2, -0.15) is 0 Å². The van der Waals surface area contributed by atoms with Crippen molar-refractivity contribution in [2.75, 3.05) is 0 Å². The summed E-state index contributed by atoms with van der Waals surface area (Å²) in [4.78, 5) is 4.67. The van der Waals surface area contributed by atoms with Gasteiger partial charge in [0.05, 0.1) is 0 Å². The van der Waals surface area contributed by atoms with E-state index in [2.05, 4.69) is 54.4 Å². The Labute approximate surface area is 109 Å². The van der Waals surface area contributed by atoms with Crippen molar-refractivity contribution in [2.24, 2.45) is 4.99 Å². The molecule has 0 unspecified atom stereocenters. The normalized spacial score (nSPS) is 13.1. The highest BCUT2D eigenvalue weighted by atomic mass is 14.7. The number of hydrogen-bond donors (Lipinski definition) is 0. The smallest absolute Gasteiger partial charge is 0.0476 e. The fourth-order valence-electron chi connectivity index (χ4n) is 1.99. The predicted molar refractivity (Wildman–Crippen MR) is 80.2 cm³/mol. The first-order valence-electron chi connectivity index (χ1n) is 6.44. The Morgan fingerprint density at radius 1 is 1.11 bits per heavy atom. The van der Waals surface area contributed by atoms with Gasteiger partial charge in [-0.05, 0) is 42.7 Å². The number of fused-ring (bicyclic) bond motifs is 1. The molecule has 0 heterocycles. The Morgan fingerprint density at radius 2 is 1.83 bits per heavy atom. The molecule has 0 saturated heterocycles. The van der Waals surface area contributed by atoms with Crippen LogP contribution in [-0.2, 0) is 0 Å².